The molecule has 0 saturated heterocycles. The maximum Gasteiger partial charge on any atom is 0.511 e. The van der Waals surface area contributed by atoms with Crippen molar-refractivity contribution in [3.05, 3.63) is 11.5 Å². The highest BCUT2D eigenvalue weighted by molar-refractivity contribution is 5.58. The van der Waals surface area contributed by atoms with Crippen molar-refractivity contribution in [2.24, 2.45) is 0 Å². The van der Waals surface area contributed by atoms with E-state index < -0.39 is 6.16 Å². The van der Waals surface area contributed by atoms with Crippen LogP contribution in [-0.4, -0.2) is 17.9 Å². The van der Waals surface area contributed by atoms with Gasteiger partial charge in [-0.1, -0.05) is 0 Å². The van der Waals surface area contributed by atoms with Gasteiger partial charge in [-0.3, -0.25) is 0 Å². The monoisotopic (exact) mass is 158 g/mol. The maximum atomic E-state index is 10.1. The summed E-state index contributed by atoms with van der Waals surface area (Å²) in [6.45, 7) is 2.36. The van der Waals surface area contributed by atoms with Crippen molar-refractivity contribution >= 4 is 6.16 Å². The number of carboxylic acid groups (broad SMARTS) is 1. The Morgan fingerprint density at radius 3 is 3.00 bits per heavy atom. The topological polar surface area (TPSA) is 55.8 Å². The summed E-state index contributed by atoms with van der Waals surface area (Å²) < 4.78 is 9.56. The van der Waals surface area contributed by atoms with Gasteiger partial charge in [-0.15, -0.1) is 0 Å². The molecule has 0 aliphatic carbocycles. The molecule has 0 fully saturated rings. The first-order chi connectivity index (χ1) is 5.20. The largest absolute Gasteiger partial charge is 0.511 e. The SMILES string of the molecule is CC1=C(OC(=O)O)CCCO1. The van der Waals surface area contributed by atoms with E-state index in [0.717, 1.165) is 6.42 Å². The zero-order valence-electron chi connectivity index (χ0n) is 6.29. The normalized spacial score (nSPS) is 17.5. The van der Waals surface area contributed by atoms with Crippen LogP contribution in [0.3, 0.4) is 0 Å². The van der Waals surface area contributed by atoms with Crippen molar-refractivity contribution in [2.45, 2.75) is 19.8 Å². The second kappa shape index (κ2) is 3.27. The van der Waals surface area contributed by atoms with Gasteiger partial charge in [-0.25, -0.2) is 4.79 Å². The molecule has 0 amide bonds. The summed E-state index contributed by atoms with van der Waals surface area (Å²) in [6, 6.07) is 0. The minimum atomic E-state index is -1.27. The second-order valence-electron chi connectivity index (χ2n) is 2.30. The molecule has 0 aromatic rings. The summed E-state index contributed by atoms with van der Waals surface area (Å²) in [4.78, 5) is 10.1. The molecule has 0 unspecified atom stereocenters. The lowest BCUT2D eigenvalue weighted by molar-refractivity contribution is 0.0926. The molecular weight excluding hydrogens is 148 g/mol. The number of hydrogen-bond donors (Lipinski definition) is 1. The van der Waals surface area contributed by atoms with Crippen LogP contribution in [-0.2, 0) is 9.47 Å². The Kier molecular flexibility index (Phi) is 2.36. The summed E-state index contributed by atoms with van der Waals surface area (Å²) >= 11 is 0. The van der Waals surface area contributed by atoms with Gasteiger partial charge in [0.2, 0.25) is 0 Å². The Bertz CT molecular complexity index is 195. The molecule has 1 heterocycles. The van der Waals surface area contributed by atoms with E-state index in [1.807, 2.05) is 0 Å². The predicted molar refractivity (Wildman–Crippen MR) is 37.0 cm³/mol. The molecule has 1 aliphatic rings. The summed E-state index contributed by atoms with van der Waals surface area (Å²) in [5.41, 5.74) is 0. The van der Waals surface area contributed by atoms with E-state index in [0.29, 0.717) is 24.5 Å². The van der Waals surface area contributed by atoms with E-state index in [1.54, 1.807) is 6.92 Å². The highest BCUT2D eigenvalue weighted by atomic mass is 16.7. The van der Waals surface area contributed by atoms with E-state index >= 15 is 0 Å². The van der Waals surface area contributed by atoms with Crippen molar-refractivity contribution in [2.75, 3.05) is 6.61 Å². The molecule has 0 aromatic heterocycles. The van der Waals surface area contributed by atoms with Gasteiger partial charge < -0.3 is 14.6 Å². The second-order valence-corrected chi connectivity index (χ2v) is 2.30. The van der Waals surface area contributed by atoms with Crippen LogP contribution in [0.4, 0.5) is 4.79 Å². The van der Waals surface area contributed by atoms with Crippen LogP contribution in [0.15, 0.2) is 11.5 Å². The molecule has 1 aliphatic heterocycles. The summed E-state index contributed by atoms with van der Waals surface area (Å²) in [6.07, 6.45) is 0.197. The van der Waals surface area contributed by atoms with Gasteiger partial charge >= 0.3 is 6.16 Å². The Labute approximate surface area is 64.4 Å². The van der Waals surface area contributed by atoms with Gasteiger partial charge in [-0.05, 0) is 13.3 Å². The van der Waals surface area contributed by atoms with Gasteiger partial charge in [-0.2, -0.15) is 0 Å². The van der Waals surface area contributed by atoms with Crippen LogP contribution in [0.2, 0.25) is 0 Å². The Morgan fingerprint density at radius 2 is 2.45 bits per heavy atom. The molecule has 0 aromatic carbocycles. The molecule has 11 heavy (non-hydrogen) atoms. The lowest BCUT2D eigenvalue weighted by atomic mass is 10.2. The van der Waals surface area contributed by atoms with E-state index in [9.17, 15) is 4.79 Å². The van der Waals surface area contributed by atoms with Gasteiger partial charge in [0.1, 0.15) is 11.5 Å². The highest BCUT2D eigenvalue weighted by Crippen LogP contribution is 2.19. The van der Waals surface area contributed by atoms with Crippen LogP contribution in [0, 0.1) is 0 Å². The van der Waals surface area contributed by atoms with Crippen molar-refractivity contribution in [3.8, 4) is 0 Å². The van der Waals surface area contributed by atoms with Crippen molar-refractivity contribution in [1.29, 1.82) is 0 Å². The molecule has 1 rings (SSSR count). The van der Waals surface area contributed by atoms with E-state index in [-0.39, 0.29) is 0 Å². The number of hydrogen-bond acceptors (Lipinski definition) is 3. The summed E-state index contributed by atoms with van der Waals surface area (Å²) in [5.74, 6) is 1.02. The molecule has 4 heteroatoms. The Hall–Kier alpha value is -1.19. The first-order valence-electron chi connectivity index (χ1n) is 3.43. The fourth-order valence-corrected chi connectivity index (χ4v) is 0.943. The average molecular weight is 158 g/mol. The lowest BCUT2D eigenvalue weighted by Crippen LogP contribution is -2.10. The van der Waals surface area contributed by atoms with E-state index in [2.05, 4.69) is 4.74 Å². The molecule has 4 nitrogen and oxygen atoms in total. The standard InChI is InChI=1S/C7H10O4/c1-5-6(11-7(8)9)3-2-4-10-5/h2-4H2,1H3,(H,8,9). The average Bonchev–Trinajstić information content (AvgIpc) is 1.93. The lowest BCUT2D eigenvalue weighted by Gasteiger charge is -2.16. The number of ether oxygens (including phenoxy) is 2. The molecular formula is C7H10O4. The van der Waals surface area contributed by atoms with Crippen LogP contribution in [0.5, 0.6) is 0 Å². The van der Waals surface area contributed by atoms with Gasteiger partial charge in [0.05, 0.1) is 6.61 Å². The van der Waals surface area contributed by atoms with Crippen molar-refractivity contribution < 1.29 is 19.4 Å². The van der Waals surface area contributed by atoms with E-state index in [4.69, 9.17) is 9.84 Å². The summed E-state index contributed by atoms with van der Waals surface area (Å²) in [5, 5.41) is 8.27. The fourth-order valence-electron chi connectivity index (χ4n) is 0.943. The van der Waals surface area contributed by atoms with Crippen LogP contribution >= 0.6 is 0 Å². The third-order valence-electron chi connectivity index (χ3n) is 1.47. The zero-order chi connectivity index (χ0) is 8.27. The predicted octanol–water partition coefficient (Wildman–Crippen LogP) is 1.72. The number of allylic oxidation sites excluding steroid dienone is 2. The smallest absolute Gasteiger partial charge is 0.495 e. The minimum absolute atomic E-state index is 0.434. The first-order valence-corrected chi connectivity index (χ1v) is 3.43. The molecule has 0 spiro atoms. The van der Waals surface area contributed by atoms with Gasteiger partial charge in [0.25, 0.3) is 0 Å². The Morgan fingerprint density at radius 1 is 1.73 bits per heavy atom. The van der Waals surface area contributed by atoms with Crippen molar-refractivity contribution in [1.82, 2.24) is 0 Å². The van der Waals surface area contributed by atoms with E-state index in [1.165, 1.54) is 0 Å². The summed E-state index contributed by atoms with van der Waals surface area (Å²) in [7, 11) is 0. The molecule has 0 atom stereocenters. The molecule has 0 radical (unpaired) electrons. The molecule has 1 N–H and O–H groups in total. The third-order valence-corrected chi connectivity index (χ3v) is 1.47. The van der Waals surface area contributed by atoms with Crippen LogP contribution in [0.25, 0.3) is 0 Å². The minimum Gasteiger partial charge on any atom is -0.495 e. The fraction of sp³-hybridized carbons (Fsp3) is 0.571. The maximum absolute atomic E-state index is 10.1. The van der Waals surface area contributed by atoms with Crippen LogP contribution < -0.4 is 0 Å². The van der Waals surface area contributed by atoms with Crippen LogP contribution in [0.1, 0.15) is 19.8 Å². The third kappa shape index (κ3) is 2.14. The first kappa shape index (κ1) is 7.91. The number of rotatable bonds is 1. The van der Waals surface area contributed by atoms with Crippen molar-refractivity contribution in [3.63, 3.8) is 0 Å². The molecule has 0 saturated carbocycles. The van der Waals surface area contributed by atoms with Gasteiger partial charge in [0, 0.05) is 6.42 Å². The zero-order valence-corrected chi connectivity index (χ0v) is 6.29. The molecule has 0 bridgehead atoms. The van der Waals surface area contributed by atoms with Gasteiger partial charge in [0.15, 0.2) is 0 Å². The quantitative estimate of drug-likeness (QED) is 0.590. The highest BCUT2D eigenvalue weighted by Gasteiger charge is 2.13. The Balaban J connectivity index is 2.59. The number of carbonyl (C=O) groups is 1. The molecule has 62 valence electrons.